The zero-order valence-electron chi connectivity index (χ0n) is 19.4. The molecule has 2 aliphatic rings. The summed E-state index contributed by atoms with van der Waals surface area (Å²) in [6, 6.07) is 15.1. The van der Waals surface area contributed by atoms with E-state index in [1.807, 2.05) is 48.5 Å². The predicted molar refractivity (Wildman–Crippen MR) is 132 cm³/mol. The summed E-state index contributed by atoms with van der Waals surface area (Å²) in [6.45, 7) is 5.37. The fourth-order valence-corrected chi connectivity index (χ4v) is 4.68. The van der Waals surface area contributed by atoms with E-state index in [1.165, 1.54) is 0 Å². The van der Waals surface area contributed by atoms with Crippen molar-refractivity contribution in [2.45, 2.75) is 31.2 Å². The first-order valence-electron chi connectivity index (χ1n) is 11.9. The zero-order valence-corrected chi connectivity index (χ0v) is 20.1. The monoisotopic (exact) mass is 485 g/mol. The minimum absolute atomic E-state index is 0.0157. The normalized spacial score (nSPS) is 18.3. The van der Waals surface area contributed by atoms with Crippen LogP contribution in [0.4, 0.5) is 5.69 Å². The van der Waals surface area contributed by atoms with Crippen molar-refractivity contribution >= 4 is 29.1 Å². The number of halogens is 1. The molecular weight excluding hydrogens is 454 g/mol. The Morgan fingerprint density at radius 2 is 1.68 bits per heavy atom. The maximum absolute atomic E-state index is 13.4. The fourth-order valence-electron chi connectivity index (χ4n) is 4.55. The molecule has 2 aromatic carbocycles. The molecule has 2 saturated heterocycles. The molecular formula is C26H32ClN3O4. The van der Waals surface area contributed by atoms with Gasteiger partial charge in [0, 0.05) is 56.5 Å². The van der Waals surface area contributed by atoms with E-state index in [-0.39, 0.29) is 11.8 Å². The Hall–Kier alpha value is -2.45. The van der Waals surface area contributed by atoms with Crippen molar-refractivity contribution in [2.75, 3.05) is 51.4 Å². The van der Waals surface area contributed by atoms with Crippen molar-refractivity contribution in [3.05, 3.63) is 64.7 Å². The van der Waals surface area contributed by atoms with Crippen LogP contribution in [-0.2, 0) is 31.0 Å². The highest BCUT2D eigenvalue weighted by atomic mass is 35.5. The average molecular weight is 486 g/mol. The van der Waals surface area contributed by atoms with Gasteiger partial charge in [0.15, 0.2) is 0 Å². The Morgan fingerprint density at radius 1 is 0.971 bits per heavy atom. The number of anilines is 1. The lowest BCUT2D eigenvalue weighted by molar-refractivity contribution is -0.130. The van der Waals surface area contributed by atoms with Crippen LogP contribution in [0.25, 0.3) is 0 Å². The van der Waals surface area contributed by atoms with Crippen LogP contribution < -0.4 is 10.6 Å². The molecule has 2 N–H and O–H groups in total. The van der Waals surface area contributed by atoms with E-state index < -0.39 is 5.41 Å². The van der Waals surface area contributed by atoms with Gasteiger partial charge < -0.3 is 20.1 Å². The molecule has 2 fully saturated rings. The van der Waals surface area contributed by atoms with Crippen LogP contribution in [0.1, 0.15) is 30.4 Å². The Labute approximate surface area is 205 Å². The molecule has 0 atom stereocenters. The molecule has 2 amide bonds. The molecule has 0 aliphatic carbocycles. The van der Waals surface area contributed by atoms with Gasteiger partial charge in [0.05, 0.1) is 18.6 Å². The number of hydrogen-bond acceptors (Lipinski definition) is 5. The van der Waals surface area contributed by atoms with Crippen LogP contribution in [0.3, 0.4) is 0 Å². The Morgan fingerprint density at radius 3 is 2.41 bits per heavy atom. The summed E-state index contributed by atoms with van der Waals surface area (Å²) in [4.78, 5) is 28.0. The van der Waals surface area contributed by atoms with Crippen molar-refractivity contribution < 1.29 is 19.1 Å². The van der Waals surface area contributed by atoms with Gasteiger partial charge in [-0.05, 0) is 48.2 Å². The predicted octanol–water partition coefficient (Wildman–Crippen LogP) is 3.37. The van der Waals surface area contributed by atoms with E-state index in [2.05, 4.69) is 15.5 Å². The van der Waals surface area contributed by atoms with E-state index >= 15 is 0 Å². The smallest absolute Gasteiger partial charge is 0.231 e. The van der Waals surface area contributed by atoms with Crippen LogP contribution in [0.5, 0.6) is 0 Å². The van der Waals surface area contributed by atoms with E-state index in [0.29, 0.717) is 44.0 Å². The van der Waals surface area contributed by atoms with Crippen molar-refractivity contribution in [3.8, 4) is 0 Å². The molecule has 2 aliphatic heterocycles. The topological polar surface area (TPSA) is 79.9 Å². The molecule has 2 aromatic rings. The van der Waals surface area contributed by atoms with Gasteiger partial charge in [0.1, 0.15) is 0 Å². The number of carbonyl (C=O) groups excluding carboxylic acids is 2. The lowest BCUT2D eigenvalue weighted by Gasteiger charge is -2.36. The van der Waals surface area contributed by atoms with Crippen LogP contribution in [0.2, 0.25) is 5.02 Å². The SMILES string of the molecule is O=C(CCN1CCOCC1)Nc1cccc(CNC(=O)C2(c3ccc(Cl)cc3)CCOCC2)c1. The Bertz CT molecular complexity index is 970. The first-order chi connectivity index (χ1) is 16.5. The molecule has 0 bridgehead atoms. The summed E-state index contributed by atoms with van der Waals surface area (Å²) in [5.41, 5.74) is 1.99. The second-order valence-electron chi connectivity index (χ2n) is 8.84. The van der Waals surface area contributed by atoms with Crippen LogP contribution in [0.15, 0.2) is 48.5 Å². The first-order valence-corrected chi connectivity index (χ1v) is 12.2. The molecule has 4 rings (SSSR count). The molecule has 2 heterocycles. The summed E-state index contributed by atoms with van der Waals surface area (Å²) in [5.74, 6) is -0.0327. The maximum Gasteiger partial charge on any atom is 0.231 e. The van der Waals surface area contributed by atoms with Gasteiger partial charge in [-0.2, -0.15) is 0 Å². The molecule has 34 heavy (non-hydrogen) atoms. The number of amides is 2. The lowest BCUT2D eigenvalue weighted by Crippen LogP contribution is -2.47. The van der Waals surface area contributed by atoms with Gasteiger partial charge in [0.2, 0.25) is 11.8 Å². The summed E-state index contributed by atoms with van der Waals surface area (Å²) in [6.07, 6.45) is 1.69. The highest BCUT2D eigenvalue weighted by molar-refractivity contribution is 6.30. The van der Waals surface area contributed by atoms with E-state index in [9.17, 15) is 9.59 Å². The third-order valence-corrected chi connectivity index (χ3v) is 6.85. The third-order valence-electron chi connectivity index (χ3n) is 6.60. The Balaban J connectivity index is 1.34. The summed E-state index contributed by atoms with van der Waals surface area (Å²) < 4.78 is 10.9. The third kappa shape index (κ3) is 6.36. The van der Waals surface area contributed by atoms with Gasteiger partial charge in [-0.15, -0.1) is 0 Å². The van der Waals surface area contributed by atoms with Crippen LogP contribution >= 0.6 is 11.6 Å². The van der Waals surface area contributed by atoms with Crippen LogP contribution in [0, 0.1) is 0 Å². The van der Waals surface area contributed by atoms with E-state index in [1.54, 1.807) is 0 Å². The summed E-state index contributed by atoms with van der Waals surface area (Å²) >= 11 is 6.06. The van der Waals surface area contributed by atoms with Gasteiger partial charge in [-0.1, -0.05) is 35.9 Å². The molecule has 7 nitrogen and oxygen atoms in total. The van der Waals surface area contributed by atoms with Gasteiger partial charge in [-0.25, -0.2) is 0 Å². The first kappa shape index (κ1) is 24.7. The highest BCUT2D eigenvalue weighted by Crippen LogP contribution is 2.36. The largest absolute Gasteiger partial charge is 0.381 e. The molecule has 182 valence electrons. The van der Waals surface area contributed by atoms with Crippen molar-refractivity contribution in [3.63, 3.8) is 0 Å². The second kappa shape index (κ2) is 11.8. The number of morpholine rings is 1. The number of nitrogens with zero attached hydrogens (tertiary/aromatic N) is 1. The maximum atomic E-state index is 13.4. The number of ether oxygens (including phenoxy) is 2. The number of nitrogens with one attached hydrogen (secondary N) is 2. The van der Waals surface area contributed by atoms with E-state index in [4.69, 9.17) is 21.1 Å². The van der Waals surface area contributed by atoms with E-state index in [0.717, 1.165) is 49.7 Å². The lowest BCUT2D eigenvalue weighted by atomic mass is 9.73. The number of rotatable bonds is 8. The average Bonchev–Trinajstić information content (AvgIpc) is 2.88. The summed E-state index contributed by atoms with van der Waals surface area (Å²) in [7, 11) is 0. The van der Waals surface area contributed by atoms with Crippen molar-refractivity contribution in [2.24, 2.45) is 0 Å². The Kier molecular flexibility index (Phi) is 8.56. The molecule has 0 unspecified atom stereocenters. The minimum Gasteiger partial charge on any atom is -0.381 e. The molecule has 0 saturated carbocycles. The zero-order chi connectivity index (χ0) is 23.8. The van der Waals surface area contributed by atoms with Crippen LogP contribution in [-0.4, -0.2) is 62.8 Å². The number of benzene rings is 2. The molecule has 8 heteroatoms. The minimum atomic E-state index is -0.631. The number of carbonyl (C=O) groups is 2. The van der Waals surface area contributed by atoms with Gasteiger partial charge in [-0.3, -0.25) is 14.5 Å². The molecule has 0 aromatic heterocycles. The molecule has 0 spiro atoms. The van der Waals surface area contributed by atoms with Gasteiger partial charge in [0.25, 0.3) is 0 Å². The quantitative estimate of drug-likeness (QED) is 0.599. The summed E-state index contributed by atoms with van der Waals surface area (Å²) in [5, 5.41) is 6.73. The standard InChI is InChI=1S/C26H32ClN3O4/c27-22-6-4-21(5-7-22)26(9-14-33-15-10-26)25(32)28-19-20-2-1-3-23(18-20)29-24(31)8-11-30-12-16-34-17-13-30/h1-7,18H,8-17,19H2,(H,28,32)(H,29,31). The second-order valence-corrected chi connectivity index (χ2v) is 9.27. The van der Waals surface area contributed by atoms with Crippen molar-refractivity contribution in [1.29, 1.82) is 0 Å². The highest BCUT2D eigenvalue weighted by Gasteiger charge is 2.41. The van der Waals surface area contributed by atoms with Crippen molar-refractivity contribution in [1.82, 2.24) is 10.2 Å². The fraction of sp³-hybridized carbons (Fsp3) is 0.462. The van der Waals surface area contributed by atoms with Gasteiger partial charge >= 0.3 is 0 Å². The molecule has 0 radical (unpaired) electrons. The number of hydrogen-bond donors (Lipinski definition) is 2.